The summed E-state index contributed by atoms with van der Waals surface area (Å²) in [7, 11) is 0. The van der Waals surface area contributed by atoms with E-state index in [-0.39, 0.29) is 11.8 Å². The SMILES string of the molecule is O=C(CN1CCN(C(=O)c2ccccc2OCc2cccc(Br)c2)CC1)N1CCCC1. The van der Waals surface area contributed by atoms with Gasteiger partial charge in [0, 0.05) is 43.7 Å². The number of likely N-dealkylation sites (tertiary alicyclic amines) is 1. The van der Waals surface area contributed by atoms with E-state index in [2.05, 4.69) is 20.8 Å². The zero-order valence-electron chi connectivity index (χ0n) is 17.6. The highest BCUT2D eigenvalue weighted by Crippen LogP contribution is 2.23. The molecule has 2 aliphatic heterocycles. The Bertz CT molecular complexity index is 922. The van der Waals surface area contributed by atoms with Crippen molar-refractivity contribution >= 4 is 27.7 Å². The molecule has 31 heavy (non-hydrogen) atoms. The Balaban J connectivity index is 1.33. The summed E-state index contributed by atoms with van der Waals surface area (Å²) in [5.74, 6) is 0.790. The van der Waals surface area contributed by atoms with Crippen molar-refractivity contribution in [3.63, 3.8) is 0 Å². The average Bonchev–Trinajstić information content (AvgIpc) is 3.33. The fourth-order valence-corrected chi connectivity index (χ4v) is 4.54. The topological polar surface area (TPSA) is 53.1 Å². The molecule has 164 valence electrons. The zero-order valence-corrected chi connectivity index (χ0v) is 19.2. The maximum atomic E-state index is 13.2. The third-order valence-electron chi connectivity index (χ3n) is 5.88. The van der Waals surface area contributed by atoms with Crippen LogP contribution in [0.4, 0.5) is 0 Å². The summed E-state index contributed by atoms with van der Waals surface area (Å²) in [6, 6.07) is 15.4. The summed E-state index contributed by atoms with van der Waals surface area (Å²) in [6.45, 7) is 5.28. The summed E-state index contributed by atoms with van der Waals surface area (Å²) in [5.41, 5.74) is 1.62. The Kier molecular flexibility index (Phi) is 7.25. The number of hydrogen-bond donors (Lipinski definition) is 0. The molecule has 2 heterocycles. The number of nitrogens with zero attached hydrogens (tertiary/aromatic N) is 3. The van der Waals surface area contributed by atoms with Crippen LogP contribution in [0.25, 0.3) is 0 Å². The fraction of sp³-hybridized carbons (Fsp3) is 0.417. The molecule has 0 radical (unpaired) electrons. The highest BCUT2D eigenvalue weighted by molar-refractivity contribution is 9.10. The third kappa shape index (κ3) is 5.66. The van der Waals surface area contributed by atoms with Gasteiger partial charge in [0.05, 0.1) is 12.1 Å². The number of hydrogen-bond acceptors (Lipinski definition) is 4. The van der Waals surface area contributed by atoms with Crippen LogP contribution in [0.5, 0.6) is 5.75 Å². The minimum atomic E-state index is -0.0182. The van der Waals surface area contributed by atoms with Gasteiger partial charge in [0.15, 0.2) is 0 Å². The number of piperazine rings is 1. The lowest BCUT2D eigenvalue weighted by Crippen LogP contribution is -2.51. The van der Waals surface area contributed by atoms with E-state index in [0.29, 0.717) is 50.6 Å². The Hall–Kier alpha value is -2.38. The first-order valence-corrected chi connectivity index (χ1v) is 11.6. The van der Waals surface area contributed by atoms with Crippen molar-refractivity contribution in [1.29, 1.82) is 0 Å². The summed E-state index contributed by atoms with van der Waals surface area (Å²) >= 11 is 3.47. The number of rotatable bonds is 6. The molecule has 7 heteroatoms. The molecule has 0 saturated carbocycles. The second kappa shape index (κ2) is 10.3. The first-order valence-electron chi connectivity index (χ1n) is 10.9. The van der Waals surface area contributed by atoms with Crippen molar-refractivity contribution in [2.24, 2.45) is 0 Å². The van der Waals surface area contributed by atoms with E-state index in [4.69, 9.17) is 4.74 Å². The molecule has 4 rings (SSSR count). The lowest BCUT2D eigenvalue weighted by molar-refractivity contribution is -0.131. The lowest BCUT2D eigenvalue weighted by atomic mass is 10.1. The number of ether oxygens (including phenoxy) is 1. The summed E-state index contributed by atoms with van der Waals surface area (Å²) in [5, 5.41) is 0. The van der Waals surface area contributed by atoms with Crippen molar-refractivity contribution in [1.82, 2.24) is 14.7 Å². The van der Waals surface area contributed by atoms with E-state index in [1.165, 1.54) is 0 Å². The minimum Gasteiger partial charge on any atom is -0.488 e. The molecule has 0 unspecified atom stereocenters. The molecule has 6 nitrogen and oxygen atoms in total. The molecule has 0 aromatic heterocycles. The van der Waals surface area contributed by atoms with Gasteiger partial charge in [-0.1, -0.05) is 40.2 Å². The monoisotopic (exact) mass is 485 g/mol. The quantitative estimate of drug-likeness (QED) is 0.628. The smallest absolute Gasteiger partial charge is 0.257 e. The lowest BCUT2D eigenvalue weighted by Gasteiger charge is -2.35. The van der Waals surface area contributed by atoms with Crippen LogP contribution in [0.15, 0.2) is 53.0 Å². The average molecular weight is 486 g/mol. The molecule has 0 N–H and O–H groups in total. The summed E-state index contributed by atoms with van der Waals surface area (Å²) < 4.78 is 6.99. The van der Waals surface area contributed by atoms with Crippen LogP contribution >= 0.6 is 15.9 Å². The van der Waals surface area contributed by atoms with E-state index < -0.39 is 0 Å². The van der Waals surface area contributed by atoms with E-state index in [0.717, 1.165) is 36.0 Å². The van der Waals surface area contributed by atoms with Gasteiger partial charge < -0.3 is 14.5 Å². The molecular weight excluding hydrogens is 458 g/mol. The molecule has 2 saturated heterocycles. The van der Waals surface area contributed by atoms with Gasteiger partial charge in [-0.25, -0.2) is 0 Å². The van der Waals surface area contributed by atoms with Crippen LogP contribution in [0.1, 0.15) is 28.8 Å². The van der Waals surface area contributed by atoms with Crippen LogP contribution in [0.3, 0.4) is 0 Å². The van der Waals surface area contributed by atoms with E-state index in [1.807, 2.05) is 58.3 Å². The Morgan fingerprint density at radius 3 is 2.35 bits per heavy atom. The van der Waals surface area contributed by atoms with Crippen LogP contribution in [-0.4, -0.2) is 72.3 Å². The molecule has 2 amide bonds. The standard InChI is InChI=1S/C24H28BrN3O3/c25-20-7-5-6-19(16-20)18-31-22-9-2-1-8-21(22)24(30)28-14-12-26(13-15-28)17-23(29)27-10-3-4-11-27/h1-2,5-9,16H,3-4,10-15,17-18H2. The zero-order chi connectivity index (χ0) is 21.6. The van der Waals surface area contributed by atoms with Gasteiger partial charge in [0.2, 0.25) is 5.91 Å². The fourth-order valence-electron chi connectivity index (χ4n) is 4.09. The van der Waals surface area contributed by atoms with Crippen LogP contribution in [-0.2, 0) is 11.4 Å². The van der Waals surface area contributed by atoms with Crippen molar-refractivity contribution in [2.45, 2.75) is 19.4 Å². The number of carbonyl (C=O) groups is 2. The molecule has 0 aliphatic carbocycles. The number of benzene rings is 2. The molecule has 2 aromatic rings. The number of carbonyl (C=O) groups excluding carboxylic acids is 2. The van der Waals surface area contributed by atoms with Gasteiger partial charge in [-0.15, -0.1) is 0 Å². The number of halogens is 1. The predicted octanol–water partition coefficient (Wildman–Crippen LogP) is 3.41. The third-order valence-corrected chi connectivity index (χ3v) is 6.37. The van der Waals surface area contributed by atoms with Gasteiger partial charge >= 0.3 is 0 Å². The Morgan fingerprint density at radius 2 is 1.61 bits per heavy atom. The van der Waals surface area contributed by atoms with Gasteiger partial charge in [0.25, 0.3) is 5.91 Å². The molecule has 2 aromatic carbocycles. The van der Waals surface area contributed by atoms with E-state index in [9.17, 15) is 9.59 Å². The van der Waals surface area contributed by atoms with Gasteiger partial charge in [-0.2, -0.15) is 0 Å². The molecule has 2 fully saturated rings. The Morgan fingerprint density at radius 1 is 0.871 bits per heavy atom. The Labute approximate surface area is 191 Å². The van der Waals surface area contributed by atoms with Gasteiger partial charge in [0.1, 0.15) is 12.4 Å². The van der Waals surface area contributed by atoms with Crippen molar-refractivity contribution in [2.75, 3.05) is 45.8 Å². The number of para-hydroxylation sites is 1. The number of amides is 2. The van der Waals surface area contributed by atoms with Crippen LogP contribution in [0, 0.1) is 0 Å². The van der Waals surface area contributed by atoms with Crippen molar-refractivity contribution in [3.8, 4) is 5.75 Å². The second-order valence-corrected chi connectivity index (χ2v) is 8.99. The van der Waals surface area contributed by atoms with Crippen LogP contribution < -0.4 is 4.74 Å². The first-order chi connectivity index (χ1) is 15.1. The van der Waals surface area contributed by atoms with E-state index >= 15 is 0 Å². The molecule has 0 spiro atoms. The highest BCUT2D eigenvalue weighted by atomic mass is 79.9. The summed E-state index contributed by atoms with van der Waals surface area (Å²) in [4.78, 5) is 31.5. The summed E-state index contributed by atoms with van der Waals surface area (Å²) in [6.07, 6.45) is 2.22. The molecular formula is C24H28BrN3O3. The van der Waals surface area contributed by atoms with Crippen molar-refractivity contribution < 1.29 is 14.3 Å². The van der Waals surface area contributed by atoms with Gasteiger partial charge in [-0.05, 0) is 42.7 Å². The van der Waals surface area contributed by atoms with Crippen molar-refractivity contribution in [3.05, 3.63) is 64.1 Å². The normalized spacial score (nSPS) is 17.1. The molecule has 0 bridgehead atoms. The largest absolute Gasteiger partial charge is 0.488 e. The molecule has 0 atom stereocenters. The van der Waals surface area contributed by atoms with E-state index in [1.54, 1.807) is 0 Å². The van der Waals surface area contributed by atoms with Gasteiger partial charge in [-0.3, -0.25) is 14.5 Å². The highest BCUT2D eigenvalue weighted by Gasteiger charge is 2.27. The minimum absolute atomic E-state index is 0.0182. The maximum absolute atomic E-state index is 13.2. The molecule has 2 aliphatic rings. The maximum Gasteiger partial charge on any atom is 0.257 e. The first kappa shape index (κ1) is 21.8. The predicted molar refractivity (Wildman–Crippen MR) is 123 cm³/mol. The second-order valence-electron chi connectivity index (χ2n) is 8.07. The van der Waals surface area contributed by atoms with Crippen LogP contribution in [0.2, 0.25) is 0 Å².